The van der Waals surface area contributed by atoms with Crippen LogP contribution in [0.5, 0.6) is 0 Å². The molecule has 0 spiro atoms. The summed E-state index contributed by atoms with van der Waals surface area (Å²) < 4.78 is 0. The van der Waals surface area contributed by atoms with E-state index in [1.54, 1.807) is 12.1 Å². The van der Waals surface area contributed by atoms with Gasteiger partial charge in [-0.3, -0.25) is 9.59 Å². The number of benzene rings is 1. The van der Waals surface area contributed by atoms with E-state index in [-0.39, 0.29) is 11.6 Å². The Morgan fingerprint density at radius 1 is 0.889 bits per heavy atom. The molecule has 1 saturated carbocycles. The minimum Gasteiger partial charge on any atom is -0.288 e. The second-order valence-corrected chi connectivity index (χ2v) is 5.18. The van der Waals surface area contributed by atoms with Crippen LogP contribution in [-0.4, -0.2) is 11.6 Å². The molecule has 0 aliphatic heterocycles. The van der Waals surface area contributed by atoms with Gasteiger partial charge in [-0.25, -0.2) is 0 Å². The molecule has 0 N–H and O–H groups in total. The van der Waals surface area contributed by atoms with E-state index in [1.165, 1.54) is 19.3 Å². The van der Waals surface area contributed by atoms with E-state index < -0.39 is 0 Å². The Labute approximate surface area is 107 Å². The molecule has 2 nitrogen and oxygen atoms in total. The molecule has 0 saturated heterocycles. The molecule has 1 aromatic carbocycles. The van der Waals surface area contributed by atoms with Gasteiger partial charge in [0.05, 0.1) is 5.57 Å². The summed E-state index contributed by atoms with van der Waals surface area (Å²) in [6, 6.07) is 7.12. The Morgan fingerprint density at radius 2 is 1.44 bits per heavy atom. The maximum absolute atomic E-state index is 12.2. The first kappa shape index (κ1) is 11.4. The molecule has 2 aliphatic rings. The molecule has 18 heavy (non-hydrogen) atoms. The first-order valence-corrected chi connectivity index (χ1v) is 6.67. The highest BCUT2D eigenvalue weighted by Crippen LogP contribution is 2.31. The highest BCUT2D eigenvalue weighted by Gasteiger charge is 2.33. The molecule has 0 radical (unpaired) electrons. The fourth-order valence-electron chi connectivity index (χ4n) is 2.96. The number of allylic oxidation sites excluding steroid dienone is 2. The standard InChI is InChI=1S/C16H16O2/c17-15-12-8-4-5-9-13(12)16(18)14(15)10-11-6-2-1-3-7-11/h4-5,8-11H,1-3,6-7H2. The number of hydrogen-bond acceptors (Lipinski definition) is 2. The third-order valence-corrected chi connectivity index (χ3v) is 3.96. The van der Waals surface area contributed by atoms with Crippen molar-refractivity contribution in [1.82, 2.24) is 0 Å². The van der Waals surface area contributed by atoms with Crippen LogP contribution in [0.3, 0.4) is 0 Å². The monoisotopic (exact) mass is 240 g/mol. The zero-order valence-corrected chi connectivity index (χ0v) is 10.3. The summed E-state index contributed by atoms with van der Waals surface area (Å²) in [6.07, 6.45) is 7.86. The molecule has 2 heteroatoms. The number of carbonyl (C=O) groups is 2. The fourth-order valence-corrected chi connectivity index (χ4v) is 2.96. The van der Waals surface area contributed by atoms with Gasteiger partial charge in [0.15, 0.2) is 11.6 Å². The van der Waals surface area contributed by atoms with Gasteiger partial charge in [-0.15, -0.1) is 0 Å². The lowest BCUT2D eigenvalue weighted by Gasteiger charge is -2.18. The minimum absolute atomic E-state index is 0.0822. The average Bonchev–Trinajstić information content (AvgIpc) is 2.66. The molecule has 0 bridgehead atoms. The van der Waals surface area contributed by atoms with E-state index in [4.69, 9.17) is 0 Å². The summed E-state index contributed by atoms with van der Waals surface area (Å²) >= 11 is 0. The molecular formula is C16H16O2. The molecule has 0 atom stereocenters. The van der Waals surface area contributed by atoms with Crippen LogP contribution < -0.4 is 0 Å². The zero-order valence-electron chi connectivity index (χ0n) is 10.3. The lowest BCUT2D eigenvalue weighted by Crippen LogP contribution is -2.08. The van der Waals surface area contributed by atoms with E-state index in [1.807, 2.05) is 18.2 Å². The van der Waals surface area contributed by atoms with Gasteiger partial charge < -0.3 is 0 Å². The molecule has 1 aromatic rings. The van der Waals surface area contributed by atoms with Crippen LogP contribution in [0.2, 0.25) is 0 Å². The normalized spacial score (nSPS) is 20.1. The summed E-state index contributed by atoms with van der Waals surface area (Å²) in [6.45, 7) is 0. The van der Waals surface area contributed by atoms with Gasteiger partial charge in [0, 0.05) is 11.1 Å². The SMILES string of the molecule is O=C1C(=CC2CCCCC2)C(=O)c2ccccc21. The second kappa shape index (κ2) is 4.52. The van der Waals surface area contributed by atoms with E-state index in [9.17, 15) is 9.59 Å². The quantitative estimate of drug-likeness (QED) is 0.555. The van der Waals surface area contributed by atoms with Gasteiger partial charge in [0.1, 0.15) is 0 Å². The third kappa shape index (κ3) is 1.82. The predicted molar refractivity (Wildman–Crippen MR) is 69.8 cm³/mol. The second-order valence-electron chi connectivity index (χ2n) is 5.18. The molecule has 3 rings (SSSR count). The van der Waals surface area contributed by atoms with Crippen LogP contribution in [0.25, 0.3) is 0 Å². The molecule has 0 heterocycles. The molecule has 2 aliphatic carbocycles. The Balaban J connectivity index is 1.94. The van der Waals surface area contributed by atoms with Gasteiger partial charge in [0.25, 0.3) is 0 Å². The van der Waals surface area contributed by atoms with Gasteiger partial charge in [-0.05, 0) is 18.8 Å². The summed E-state index contributed by atoms with van der Waals surface area (Å²) in [7, 11) is 0. The molecule has 0 unspecified atom stereocenters. The first-order valence-electron chi connectivity index (χ1n) is 6.67. The fraction of sp³-hybridized carbons (Fsp3) is 0.375. The average molecular weight is 240 g/mol. The van der Waals surface area contributed by atoms with Crippen molar-refractivity contribution >= 4 is 11.6 Å². The van der Waals surface area contributed by atoms with Crippen molar-refractivity contribution in [1.29, 1.82) is 0 Å². The zero-order chi connectivity index (χ0) is 12.5. The number of fused-ring (bicyclic) bond motifs is 1. The van der Waals surface area contributed by atoms with Crippen molar-refractivity contribution in [2.24, 2.45) is 5.92 Å². The third-order valence-electron chi connectivity index (χ3n) is 3.96. The van der Waals surface area contributed by atoms with Crippen LogP contribution in [0.4, 0.5) is 0 Å². The molecule has 0 aromatic heterocycles. The molecule has 92 valence electrons. The van der Waals surface area contributed by atoms with Crippen molar-refractivity contribution in [3.05, 3.63) is 47.0 Å². The summed E-state index contributed by atoms with van der Waals surface area (Å²) in [5, 5.41) is 0. The van der Waals surface area contributed by atoms with Crippen molar-refractivity contribution in [2.75, 3.05) is 0 Å². The maximum Gasteiger partial charge on any atom is 0.197 e. The lowest BCUT2D eigenvalue weighted by molar-refractivity contribution is 0.0987. The van der Waals surface area contributed by atoms with Crippen LogP contribution in [0.15, 0.2) is 35.9 Å². The topological polar surface area (TPSA) is 34.1 Å². The van der Waals surface area contributed by atoms with Gasteiger partial charge in [0.2, 0.25) is 0 Å². The molecule has 1 fully saturated rings. The van der Waals surface area contributed by atoms with E-state index in [2.05, 4.69) is 0 Å². The Kier molecular flexibility index (Phi) is 2.86. The van der Waals surface area contributed by atoms with Gasteiger partial charge in [-0.2, -0.15) is 0 Å². The Morgan fingerprint density at radius 3 is 2.00 bits per heavy atom. The van der Waals surface area contributed by atoms with E-state index >= 15 is 0 Å². The largest absolute Gasteiger partial charge is 0.288 e. The Bertz CT molecular complexity index is 497. The number of hydrogen-bond donors (Lipinski definition) is 0. The summed E-state index contributed by atoms with van der Waals surface area (Å²) in [5.74, 6) is 0.248. The van der Waals surface area contributed by atoms with E-state index in [0.29, 0.717) is 22.6 Å². The molecular weight excluding hydrogens is 224 g/mol. The predicted octanol–water partition coefficient (Wildman–Crippen LogP) is 3.57. The first-order chi connectivity index (χ1) is 8.77. The smallest absolute Gasteiger partial charge is 0.197 e. The number of carbonyl (C=O) groups excluding carboxylic acids is 2. The number of Topliss-reactive ketones (excluding diaryl/α,β-unsaturated/α-hetero) is 2. The van der Waals surface area contributed by atoms with Crippen LogP contribution in [-0.2, 0) is 0 Å². The van der Waals surface area contributed by atoms with Crippen LogP contribution in [0.1, 0.15) is 52.8 Å². The minimum atomic E-state index is -0.0822. The van der Waals surface area contributed by atoms with Crippen molar-refractivity contribution in [2.45, 2.75) is 32.1 Å². The highest BCUT2D eigenvalue weighted by atomic mass is 16.2. The number of ketones is 2. The Hall–Kier alpha value is -1.70. The van der Waals surface area contributed by atoms with E-state index in [0.717, 1.165) is 12.8 Å². The highest BCUT2D eigenvalue weighted by molar-refractivity contribution is 6.39. The van der Waals surface area contributed by atoms with Crippen molar-refractivity contribution < 1.29 is 9.59 Å². The van der Waals surface area contributed by atoms with Gasteiger partial charge in [-0.1, -0.05) is 49.6 Å². The maximum atomic E-state index is 12.2. The van der Waals surface area contributed by atoms with Crippen molar-refractivity contribution in [3.8, 4) is 0 Å². The van der Waals surface area contributed by atoms with Crippen LogP contribution in [0, 0.1) is 5.92 Å². The summed E-state index contributed by atoms with van der Waals surface area (Å²) in [5.41, 5.74) is 1.55. The number of rotatable bonds is 1. The van der Waals surface area contributed by atoms with Gasteiger partial charge >= 0.3 is 0 Å². The molecule has 0 amide bonds. The lowest BCUT2D eigenvalue weighted by atomic mass is 9.87. The van der Waals surface area contributed by atoms with Crippen LogP contribution >= 0.6 is 0 Å². The summed E-state index contributed by atoms with van der Waals surface area (Å²) in [4.78, 5) is 24.4. The van der Waals surface area contributed by atoms with Crippen molar-refractivity contribution in [3.63, 3.8) is 0 Å².